The minimum absolute atomic E-state index is 0.00183. The summed E-state index contributed by atoms with van der Waals surface area (Å²) < 4.78 is 5.30. The Morgan fingerprint density at radius 2 is 2.15 bits per heavy atom. The van der Waals surface area contributed by atoms with Crippen molar-refractivity contribution in [3.63, 3.8) is 0 Å². The summed E-state index contributed by atoms with van der Waals surface area (Å²) in [5.41, 5.74) is 5.86. The van der Waals surface area contributed by atoms with Gasteiger partial charge in [-0.1, -0.05) is 12.8 Å². The number of rotatable bonds is 5. The number of hydrogen-bond acceptors (Lipinski definition) is 6. The van der Waals surface area contributed by atoms with Gasteiger partial charge >= 0.3 is 0 Å². The fraction of sp³-hybridized carbons (Fsp3) is 0.529. The molecule has 26 heavy (non-hydrogen) atoms. The number of carbonyl (C=O) groups is 2. The molecule has 2 unspecified atom stereocenters. The second-order valence-corrected chi connectivity index (χ2v) is 6.63. The molecule has 1 aliphatic carbocycles. The first-order chi connectivity index (χ1) is 12.5. The van der Waals surface area contributed by atoms with Crippen molar-refractivity contribution in [3.8, 4) is 5.75 Å². The van der Waals surface area contributed by atoms with Crippen molar-refractivity contribution in [1.29, 1.82) is 0 Å². The molecule has 3 rings (SSSR count). The third-order valence-corrected chi connectivity index (χ3v) is 4.96. The molecule has 2 amide bonds. The number of nitro groups is 1. The molecule has 2 aliphatic rings. The lowest BCUT2D eigenvalue weighted by Crippen LogP contribution is -2.50. The maximum Gasteiger partial charge on any atom is 0.271 e. The summed E-state index contributed by atoms with van der Waals surface area (Å²) in [6.07, 6.45) is 3.99. The molecule has 1 aromatic carbocycles. The number of amides is 2. The Morgan fingerprint density at radius 3 is 2.88 bits per heavy atom. The Balaban J connectivity index is 1.74. The molecule has 1 fully saturated rings. The summed E-state index contributed by atoms with van der Waals surface area (Å²) in [5, 5.41) is 14.0. The quantitative estimate of drug-likeness (QED) is 0.593. The summed E-state index contributed by atoms with van der Waals surface area (Å²) >= 11 is 0. The van der Waals surface area contributed by atoms with Crippen LogP contribution in [0.3, 0.4) is 0 Å². The second kappa shape index (κ2) is 7.69. The number of ether oxygens (including phenoxy) is 1. The summed E-state index contributed by atoms with van der Waals surface area (Å²) in [6.45, 7) is 0.105. The standard InChI is InChI=1S/C17H22N4O5/c18-8-11-3-1-2-4-13(11)19-16(22)9-20-14-7-12(21(24)25)5-6-15(14)26-10-17(20)23/h5-7,11,13H,1-4,8-10,18H2,(H,19,22). The number of nitrogens with two attached hydrogens (primary N) is 1. The highest BCUT2D eigenvalue weighted by atomic mass is 16.6. The van der Waals surface area contributed by atoms with Gasteiger partial charge in [0.15, 0.2) is 6.61 Å². The monoisotopic (exact) mass is 362 g/mol. The Morgan fingerprint density at radius 1 is 1.38 bits per heavy atom. The highest BCUT2D eigenvalue weighted by molar-refractivity contribution is 6.02. The summed E-state index contributed by atoms with van der Waals surface area (Å²) in [5.74, 6) is -0.128. The average Bonchev–Trinajstić information content (AvgIpc) is 2.64. The predicted molar refractivity (Wildman–Crippen MR) is 93.9 cm³/mol. The van der Waals surface area contributed by atoms with Crippen LogP contribution in [0.2, 0.25) is 0 Å². The van der Waals surface area contributed by atoms with Gasteiger partial charge in [0.25, 0.3) is 11.6 Å². The molecule has 1 aromatic rings. The number of nitrogens with zero attached hydrogens (tertiary/aromatic N) is 2. The van der Waals surface area contributed by atoms with Gasteiger partial charge in [-0.3, -0.25) is 24.6 Å². The fourth-order valence-electron chi connectivity index (χ4n) is 3.55. The first kappa shape index (κ1) is 18.1. The second-order valence-electron chi connectivity index (χ2n) is 6.63. The molecule has 9 heteroatoms. The zero-order chi connectivity index (χ0) is 18.7. The smallest absolute Gasteiger partial charge is 0.271 e. The number of nitrogens with one attached hydrogen (secondary N) is 1. The van der Waals surface area contributed by atoms with Crippen LogP contribution in [0.15, 0.2) is 18.2 Å². The van der Waals surface area contributed by atoms with E-state index in [1.807, 2.05) is 0 Å². The molecule has 0 saturated heterocycles. The number of benzene rings is 1. The minimum Gasteiger partial charge on any atom is -0.482 e. The number of anilines is 1. The Bertz CT molecular complexity index is 723. The van der Waals surface area contributed by atoms with E-state index in [2.05, 4.69) is 5.32 Å². The van der Waals surface area contributed by atoms with Crippen molar-refractivity contribution in [2.75, 3.05) is 24.6 Å². The topological polar surface area (TPSA) is 128 Å². The largest absolute Gasteiger partial charge is 0.482 e. The van der Waals surface area contributed by atoms with Crippen LogP contribution < -0.4 is 20.7 Å². The summed E-state index contributed by atoms with van der Waals surface area (Å²) in [7, 11) is 0. The van der Waals surface area contributed by atoms with Crippen molar-refractivity contribution in [1.82, 2.24) is 5.32 Å². The van der Waals surface area contributed by atoms with E-state index in [1.165, 1.54) is 23.1 Å². The van der Waals surface area contributed by atoms with Crippen molar-refractivity contribution in [3.05, 3.63) is 28.3 Å². The minimum atomic E-state index is -0.550. The molecule has 1 heterocycles. The fourth-order valence-corrected chi connectivity index (χ4v) is 3.55. The number of hydrogen-bond donors (Lipinski definition) is 2. The van der Waals surface area contributed by atoms with Crippen LogP contribution in [0.25, 0.3) is 0 Å². The normalized spacial score (nSPS) is 22.3. The van der Waals surface area contributed by atoms with E-state index < -0.39 is 10.8 Å². The van der Waals surface area contributed by atoms with E-state index >= 15 is 0 Å². The molecule has 0 spiro atoms. The first-order valence-corrected chi connectivity index (χ1v) is 8.70. The van der Waals surface area contributed by atoms with Crippen LogP contribution in [-0.4, -0.2) is 42.5 Å². The van der Waals surface area contributed by atoms with Gasteiger partial charge in [0.2, 0.25) is 5.91 Å². The number of non-ortho nitro benzene ring substituents is 1. The van der Waals surface area contributed by atoms with Crippen molar-refractivity contribution >= 4 is 23.2 Å². The van der Waals surface area contributed by atoms with Gasteiger partial charge in [0, 0.05) is 18.2 Å². The molecule has 0 radical (unpaired) electrons. The molecular formula is C17H22N4O5. The van der Waals surface area contributed by atoms with Crippen LogP contribution in [0.5, 0.6) is 5.75 Å². The first-order valence-electron chi connectivity index (χ1n) is 8.70. The number of fused-ring (bicyclic) bond motifs is 1. The molecule has 1 aliphatic heterocycles. The third-order valence-electron chi connectivity index (χ3n) is 4.96. The lowest BCUT2D eigenvalue weighted by molar-refractivity contribution is -0.384. The van der Waals surface area contributed by atoms with Crippen LogP contribution >= 0.6 is 0 Å². The molecule has 0 bridgehead atoms. The highest BCUT2D eigenvalue weighted by Crippen LogP contribution is 2.35. The van der Waals surface area contributed by atoms with Crippen LogP contribution in [0, 0.1) is 16.0 Å². The zero-order valence-corrected chi connectivity index (χ0v) is 14.3. The lowest BCUT2D eigenvalue weighted by Gasteiger charge is -2.33. The maximum atomic E-state index is 12.5. The summed E-state index contributed by atoms with van der Waals surface area (Å²) in [6, 6.07) is 4.00. The summed E-state index contributed by atoms with van der Waals surface area (Å²) in [4.78, 5) is 36.4. The van der Waals surface area contributed by atoms with Gasteiger partial charge in [-0.15, -0.1) is 0 Å². The van der Waals surface area contributed by atoms with Crippen LogP contribution in [0.4, 0.5) is 11.4 Å². The SMILES string of the molecule is NCC1CCCCC1NC(=O)CN1C(=O)COc2ccc([N+](=O)[O-])cc21. The Kier molecular flexibility index (Phi) is 5.36. The van der Waals surface area contributed by atoms with Crippen molar-refractivity contribution in [2.24, 2.45) is 11.7 Å². The Hall–Kier alpha value is -2.68. The van der Waals surface area contributed by atoms with Crippen LogP contribution in [-0.2, 0) is 9.59 Å². The van der Waals surface area contributed by atoms with Gasteiger partial charge in [-0.25, -0.2) is 0 Å². The van der Waals surface area contributed by atoms with E-state index in [4.69, 9.17) is 10.5 Å². The highest BCUT2D eigenvalue weighted by Gasteiger charge is 2.31. The molecule has 9 nitrogen and oxygen atoms in total. The number of carbonyl (C=O) groups excluding carboxylic acids is 2. The van der Waals surface area contributed by atoms with E-state index in [0.717, 1.165) is 25.7 Å². The molecule has 0 aromatic heterocycles. The van der Waals surface area contributed by atoms with Crippen molar-refractivity contribution < 1.29 is 19.2 Å². The number of nitro benzene ring substituents is 1. The Labute approximate surface area is 150 Å². The van der Waals surface area contributed by atoms with E-state index in [9.17, 15) is 19.7 Å². The van der Waals surface area contributed by atoms with Gasteiger partial charge in [-0.2, -0.15) is 0 Å². The molecule has 2 atom stereocenters. The molecule has 140 valence electrons. The lowest BCUT2D eigenvalue weighted by atomic mass is 9.84. The van der Waals surface area contributed by atoms with Crippen LogP contribution in [0.1, 0.15) is 25.7 Å². The molecule has 1 saturated carbocycles. The van der Waals surface area contributed by atoms with E-state index in [0.29, 0.717) is 12.3 Å². The predicted octanol–water partition coefficient (Wildman–Crippen LogP) is 0.954. The maximum absolute atomic E-state index is 12.5. The van der Waals surface area contributed by atoms with Gasteiger partial charge in [0.05, 0.1) is 10.6 Å². The molecular weight excluding hydrogens is 340 g/mol. The zero-order valence-electron chi connectivity index (χ0n) is 14.3. The van der Waals surface area contributed by atoms with Gasteiger partial charge < -0.3 is 15.8 Å². The van der Waals surface area contributed by atoms with Gasteiger partial charge in [0.1, 0.15) is 12.3 Å². The third kappa shape index (κ3) is 3.77. The average molecular weight is 362 g/mol. The molecule has 3 N–H and O–H groups in total. The van der Waals surface area contributed by atoms with Crippen molar-refractivity contribution in [2.45, 2.75) is 31.7 Å². The van der Waals surface area contributed by atoms with E-state index in [-0.39, 0.29) is 42.4 Å². The van der Waals surface area contributed by atoms with E-state index in [1.54, 1.807) is 0 Å². The van der Waals surface area contributed by atoms with Gasteiger partial charge in [-0.05, 0) is 31.4 Å².